The fourth-order valence-electron chi connectivity index (χ4n) is 2.83. The number of aliphatic hydroxyl groups excluding tert-OH is 1. The van der Waals surface area contributed by atoms with Crippen molar-refractivity contribution in [1.82, 2.24) is 15.7 Å². The van der Waals surface area contributed by atoms with Crippen LogP contribution in [0.5, 0.6) is 0 Å². The molecule has 1 unspecified atom stereocenters. The van der Waals surface area contributed by atoms with Crippen molar-refractivity contribution in [1.29, 1.82) is 0 Å². The predicted molar refractivity (Wildman–Crippen MR) is 87.1 cm³/mol. The van der Waals surface area contributed by atoms with Crippen LogP contribution in [0.3, 0.4) is 0 Å². The van der Waals surface area contributed by atoms with Crippen LogP contribution in [-0.4, -0.2) is 44.5 Å². The molecule has 0 spiro atoms. The number of phosphoric acid groups is 1. The lowest BCUT2D eigenvalue weighted by atomic mass is 10.1. The van der Waals surface area contributed by atoms with Gasteiger partial charge in [0.15, 0.2) is 6.23 Å². The molecule has 1 aromatic rings. The van der Waals surface area contributed by atoms with Gasteiger partial charge >= 0.3 is 13.5 Å². The number of aromatic nitrogens is 2. The average Bonchev–Trinajstić information content (AvgIpc) is 2.82. The summed E-state index contributed by atoms with van der Waals surface area (Å²) >= 11 is 0. The highest BCUT2D eigenvalue weighted by Crippen LogP contribution is 2.52. The summed E-state index contributed by atoms with van der Waals surface area (Å²) in [7, 11) is -4.22. The fourth-order valence-corrected chi connectivity index (χ4v) is 3.79. The minimum atomic E-state index is -4.22. The Kier molecular flexibility index (Phi) is 6.00. The first-order chi connectivity index (χ1) is 11.3. The number of aliphatic hydroxyl groups is 1. The number of hydrogen-bond acceptors (Lipinski definition) is 9. The smallest absolute Gasteiger partial charge is 0.386 e. The van der Waals surface area contributed by atoms with Gasteiger partial charge < -0.3 is 26.6 Å². The highest BCUT2D eigenvalue weighted by molar-refractivity contribution is 7.47. The molecular formula is C13H23N4O7P. The molecule has 2 aliphatic heterocycles. The summed E-state index contributed by atoms with van der Waals surface area (Å²) in [5.74, 6) is 0.147. The molecule has 0 bridgehead atoms. The Morgan fingerprint density at radius 2 is 2.24 bits per heavy atom. The van der Waals surface area contributed by atoms with Crippen LogP contribution in [0.2, 0.25) is 0 Å². The molecule has 1 aromatic heterocycles. The molecule has 7 N–H and O–H groups in total. The quantitative estimate of drug-likeness (QED) is 0.525. The number of unbranched alkanes of at least 4 members (excludes halogenated alkanes) is 1. The molecule has 2 aliphatic rings. The second-order valence-electron chi connectivity index (χ2n) is 5.83. The zero-order valence-corrected chi connectivity index (χ0v) is 14.7. The number of nitrogen functional groups attached to an aromatic ring is 1. The lowest BCUT2D eigenvalue weighted by Crippen LogP contribution is -2.40. The molecule has 0 aromatic carbocycles. The summed E-state index contributed by atoms with van der Waals surface area (Å²) in [6, 6.07) is 0. The van der Waals surface area contributed by atoms with Crippen molar-refractivity contribution in [2.75, 3.05) is 12.3 Å². The summed E-state index contributed by atoms with van der Waals surface area (Å²) in [5, 5.41) is 10.4. The van der Waals surface area contributed by atoms with E-state index in [2.05, 4.69) is 9.51 Å². The first kappa shape index (κ1) is 20.0. The largest absolute Gasteiger partial charge is 0.472 e. The standard InChI is InChI=1S/C13H20N3O7P.H3N/c1-2-3-4-7-5-16(13(18)15-11(7)14)12-9(17)10-8(22-12)6-21-24(19,20)23-10;/h5,8-10,12,17H,2-4,6H2,1H3,(H,19,20)(H2,14,15,18);1H3/t8-,9-,10-,12-;/m1./s1. The average molecular weight is 378 g/mol. The SMILES string of the molecule is CCCCc1cn([C@@H]2O[C@@H]3COP(=O)(O)O[C@H]3[C@H]2O)c(=O)nc1N.N. The van der Waals surface area contributed by atoms with Crippen molar-refractivity contribution >= 4 is 13.6 Å². The van der Waals surface area contributed by atoms with Crippen molar-refractivity contribution < 1.29 is 28.3 Å². The third-order valence-electron chi connectivity index (χ3n) is 4.10. The number of nitrogens with zero attached hydrogens (tertiary/aromatic N) is 2. The molecule has 142 valence electrons. The summed E-state index contributed by atoms with van der Waals surface area (Å²) in [5.41, 5.74) is 5.77. The lowest BCUT2D eigenvalue weighted by molar-refractivity contribution is -0.0685. The van der Waals surface area contributed by atoms with Crippen LogP contribution in [0.1, 0.15) is 31.6 Å². The van der Waals surface area contributed by atoms with Gasteiger partial charge in [0.2, 0.25) is 0 Å². The normalized spacial score (nSPS) is 34.4. The highest BCUT2D eigenvalue weighted by atomic mass is 31.2. The maximum Gasteiger partial charge on any atom is 0.472 e. The number of ether oxygens (including phenoxy) is 1. The van der Waals surface area contributed by atoms with Gasteiger partial charge in [-0.2, -0.15) is 4.98 Å². The van der Waals surface area contributed by atoms with Crippen molar-refractivity contribution in [3.63, 3.8) is 0 Å². The van der Waals surface area contributed by atoms with Crippen LogP contribution < -0.4 is 17.6 Å². The van der Waals surface area contributed by atoms with Crippen molar-refractivity contribution in [3.05, 3.63) is 22.2 Å². The molecule has 5 atom stereocenters. The maximum absolute atomic E-state index is 12.1. The van der Waals surface area contributed by atoms with E-state index in [1.807, 2.05) is 6.92 Å². The van der Waals surface area contributed by atoms with E-state index < -0.39 is 38.1 Å². The van der Waals surface area contributed by atoms with Gasteiger partial charge in [0.05, 0.1) is 6.61 Å². The number of aryl methyl sites for hydroxylation is 1. The number of nitrogens with two attached hydrogens (primary N) is 1. The van der Waals surface area contributed by atoms with Gasteiger partial charge in [-0.25, -0.2) is 9.36 Å². The molecule has 0 radical (unpaired) electrons. The van der Waals surface area contributed by atoms with Gasteiger partial charge in [0.25, 0.3) is 0 Å². The first-order valence-electron chi connectivity index (χ1n) is 7.69. The number of phosphoric ester groups is 1. The Labute approximate surface area is 143 Å². The molecule has 25 heavy (non-hydrogen) atoms. The Bertz CT molecular complexity index is 727. The molecule has 0 amide bonds. The van der Waals surface area contributed by atoms with Gasteiger partial charge in [0.1, 0.15) is 24.1 Å². The predicted octanol–water partition coefficient (Wildman–Crippen LogP) is 0.104. The fraction of sp³-hybridized carbons (Fsp3) is 0.692. The van der Waals surface area contributed by atoms with Crippen LogP contribution in [0.15, 0.2) is 11.0 Å². The van der Waals surface area contributed by atoms with Crippen LogP contribution in [0, 0.1) is 0 Å². The summed E-state index contributed by atoms with van der Waals surface area (Å²) in [4.78, 5) is 25.3. The topological polar surface area (TPSA) is 181 Å². The summed E-state index contributed by atoms with van der Waals surface area (Å²) in [6.45, 7) is 1.81. The number of anilines is 1. The molecule has 3 heterocycles. The van der Waals surface area contributed by atoms with Gasteiger partial charge in [-0.15, -0.1) is 0 Å². The second kappa shape index (κ2) is 7.50. The number of fused-ring (bicyclic) bond motifs is 1. The van der Waals surface area contributed by atoms with E-state index in [4.69, 9.17) is 15.0 Å². The number of hydrogen-bond donors (Lipinski definition) is 4. The Morgan fingerprint density at radius 1 is 1.52 bits per heavy atom. The molecule has 12 heteroatoms. The van der Waals surface area contributed by atoms with Gasteiger partial charge in [-0.05, 0) is 12.8 Å². The molecular weight excluding hydrogens is 355 g/mol. The Hall–Kier alpha value is -1.33. The minimum Gasteiger partial charge on any atom is -0.386 e. The van der Waals surface area contributed by atoms with Gasteiger partial charge in [-0.1, -0.05) is 13.3 Å². The molecule has 0 aliphatic carbocycles. The molecule has 11 nitrogen and oxygen atoms in total. The van der Waals surface area contributed by atoms with Crippen LogP contribution in [-0.2, 0) is 24.8 Å². The van der Waals surface area contributed by atoms with E-state index in [-0.39, 0.29) is 18.6 Å². The first-order valence-corrected chi connectivity index (χ1v) is 9.18. The molecule has 2 fully saturated rings. The van der Waals surface area contributed by atoms with E-state index in [1.165, 1.54) is 6.20 Å². The van der Waals surface area contributed by atoms with Gasteiger partial charge in [-0.3, -0.25) is 13.6 Å². The Morgan fingerprint density at radius 3 is 2.92 bits per heavy atom. The summed E-state index contributed by atoms with van der Waals surface area (Å²) in [6.07, 6.45) is -0.284. The zero-order chi connectivity index (χ0) is 17.5. The van der Waals surface area contributed by atoms with Crippen LogP contribution in [0.4, 0.5) is 5.82 Å². The van der Waals surface area contributed by atoms with Crippen molar-refractivity contribution in [2.24, 2.45) is 0 Å². The molecule has 3 rings (SSSR count). The van der Waals surface area contributed by atoms with E-state index in [0.29, 0.717) is 12.0 Å². The second-order valence-corrected chi connectivity index (χ2v) is 7.24. The monoisotopic (exact) mass is 378 g/mol. The van der Waals surface area contributed by atoms with E-state index in [1.54, 1.807) is 0 Å². The van der Waals surface area contributed by atoms with E-state index in [9.17, 15) is 19.4 Å². The van der Waals surface area contributed by atoms with Crippen molar-refractivity contribution in [2.45, 2.75) is 50.7 Å². The maximum atomic E-state index is 12.1. The molecule has 2 saturated heterocycles. The van der Waals surface area contributed by atoms with E-state index in [0.717, 1.165) is 17.4 Å². The Balaban J connectivity index is 0.00000225. The summed E-state index contributed by atoms with van der Waals surface area (Å²) < 4.78 is 27.8. The van der Waals surface area contributed by atoms with E-state index >= 15 is 0 Å². The zero-order valence-electron chi connectivity index (χ0n) is 13.8. The third kappa shape index (κ3) is 3.93. The van der Waals surface area contributed by atoms with Crippen LogP contribution >= 0.6 is 7.82 Å². The third-order valence-corrected chi connectivity index (χ3v) is 5.09. The lowest BCUT2D eigenvalue weighted by Gasteiger charge is -2.27. The van der Waals surface area contributed by atoms with Crippen LogP contribution in [0.25, 0.3) is 0 Å². The van der Waals surface area contributed by atoms with Crippen molar-refractivity contribution in [3.8, 4) is 0 Å². The molecule has 0 saturated carbocycles. The minimum absolute atomic E-state index is 0. The number of rotatable bonds is 4. The van der Waals surface area contributed by atoms with Gasteiger partial charge in [0, 0.05) is 11.8 Å². The highest BCUT2D eigenvalue weighted by Gasteiger charge is 2.52.